The fraction of sp³-hybridized carbons (Fsp3) is 0.533. The number of benzene rings is 1. The first-order valence-electron chi connectivity index (χ1n) is 6.65. The summed E-state index contributed by atoms with van der Waals surface area (Å²) in [6, 6.07) is 5.75. The first kappa shape index (κ1) is 14.8. The number of carbonyl (C=O) groups is 1. The van der Waals surface area contributed by atoms with Gasteiger partial charge in [0.25, 0.3) is 0 Å². The van der Waals surface area contributed by atoms with Gasteiger partial charge in [-0.25, -0.2) is 0 Å². The molecule has 1 aromatic carbocycles. The number of nitrogens with zero attached hydrogens (tertiary/aromatic N) is 1. The molecule has 0 amide bonds. The first-order valence-corrected chi connectivity index (χ1v) is 7.40. The van der Waals surface area contributed by atoms with Crippen molar-refractivity contribution in [2.24, 2.45) is 5.92 Å². The molecular formula is C15H19Cl2NO. The topological polar surface area (TPSA) is 20.3 Å². The lowest BCUT2D eigenvalue weighted by atomic mass is 9.79. The average molecular weight is 300 g/mol. The van der Waals surface area contributed by atoms with Crippen LogP contribution in [0.1, 0.15) is 37.3 Å². The molecule has 104 valence electrons. The van der Waals surface area contributed by atoms with E-state index in [1.807, 2.05) is 32.3 Å². The van der Waals surface area contributed by atoms with Gasteiger partial charge in [0.15, 0.2) is 0 Å². The molecule has 0 aliphatic heterocycles. The van der Waals surface area contributed by atoms with Crippen LogP contribution in [0.3, 0.4) is 0 Å². The molecule has 1 fully saturated rings. The van der Waals surface area contributed by atoms with Crippen molar-refractivity contribution in [3.63, 3.8) is 0 Å². The van der Waals surface area contributed by atoms with Gasteiger partial charge >= 0.3 is 0 Å². The summed E-state index contributed by atoms with van der Waals surface area (Å²) >= 11 is 12.1. The van der Waals surface area contributed by atoms with Crippen LogP contribution in [0.4, 0.5) is 0 Å². The van der Waals surface area contributed by atoms with E-state index < -0.39 is 0 Å². The van der Waals surface area contributed by atoms with Gasteiger partial charge < -0.3 is 4.90 Å². The van der Waals surface area contributed by atoms with Gasteiger partial charge in [0.1, 0.15) is 5.78 Å². The zero-order valence-electron chi connectivity index (χ0n) is 11.3. The van der Waals surface area contributed by atoms with E-state index in [1.165, 1.54) is 0 Å². The molecule has 0 radical (unpaired) electrons. The Morgan fingerprint density at radius 3 is 2.53 bits per heavy atom. The van der Waals surface area contributed by atoms with Crippen molar-refractivity contribution >= 4 is 29.0 Å². The maximum absolute atomic E-state index is 12.2. The summed E-state index contributed by atoms with van der Waals surface area (Å²) in [5, 5.41) is 1.10. The second kappa shape index (κ2) is 6.25. The van der Waals surface area contributed by atoms with Crippen LogP contribution in [0.25, 0.3) is 0 Å². The van der Waals surface area contributed by atoms with E-state index in [9.17, 15) is 4.79 Å². The Balaban J connectivity index is 2.33. The van der Waals surface area contributed by atoms with Crippen LogP contribution in [0.5, 0.6) is 0 Å². The molecule has 0 bridgehead atoms. The van der Waals surface area contributed by atoms with Gasteiger partial charge in [0, 0.05) is 18.4 Å². The molecule has 1 aliphatic carbocycles. The first-order chi connectivity index (χ1) is 9.00. The van der Waals surface area contributed by atoms with Gasteiger partial charge in [0.2, 0.25) is 0 Å². The summed E-state index contributed by atoms with van der Waals surface area (Å²) in [4.78, 5) is 14.3. The van der Waals surface area contributed by atoms with Crippen LogP contribution in [0.2, 0.25) is 10.0 Å². The molecular weight excluding hydrogens is 281 g/mol. The molecule has 19 heavy (non-hydrogen) atoms. The summed E-state index contributed by atoms with van der Waals surface area (Å²) in [5.41, 5.74) is 1.07. The smallest absolute Gasteiger partial charge is 0.137 e. The fourth-order valence-electron chi connectivity index (χ4n) is 2.93. The molecule has 2 unspecified atom stereocenters. The van der Waals surface area contributed by atoms with E-state index in [1.54, 1.807) is 0 Å². The number of ketones is 1. The normalized spacial score (nSPS) is 21.7. The number of halogens is 2. The summed E-state index contributed by atoms with van der Waals surface area (Å²) < 4.78 is 0. The Labute approximate surface area is 124 Å². The van der Waals surface area contributed by atoms with Gasteiger partial charge in [-0.2, -0.15) is 0 Å². The van der Waals surface area contributed by atoms with Crippen molar-refractivity contribution in [3.8, 4) is 0 Å². The highest BCUT2D eigenvalue weighted by molar-refractivity contribution is 6.42. The third-order valence-corrected chi connectivity index (χ3v) is 4.56. The lowest BCUT2D eigenvalue weighted by molar-refractivity contribution is -0.126. The molecule has 0 heterocycles. The molecule has 2 nitrogen and oxygen atoms in total. The molecule has 2 atom stereocenters. The zero-order chi connectivity index (χ0) is 14.0. The van der Waals surface area contributed by atoms with E-state index in [0.29, 0.717) is 22.2 Å². The second-order valence-corrected chi connectivity index (χ2v) is 6.21. The maximum Gasteiger partial charge on any atom is 0.137 e. The molecule has 0 aromatic heterocycles. The van der Waals surface area contributed by atoms with Crippen molar-refractivity contribution in [1.82, 2.24) is 4.90 Å². The van der Waals surface area contributed by atoms with E-state index in [-0.39, 0.29) is 12.0 Å². The van der Waals surface area contributed by atoms with Crippen LogP contribution < -0.4 is 0 Å². The molecule has 1 aliphatic rings. The van der Waals surface area contributed by atoms with Gasteiger partial charge in [-0.1, -0.05) is 35.7 Å². The predicted molar refractivity (Wildman–Crippen MR) is 79.9 cm³/mol. The Morgan fingerprint density at radius 1 is 1.21 bits per heavy atom. The maximum atomic E-state index is 12.2. The molecule has 0 spiro atoms. The van der Waals surface area contributed by atoms with Crippen molar-refractivity contribution in [1.29, 1.82) is 0 Å². The minimum atomic E-state index is 0.0704. The van der Waals surface area contributed by atoms with Gasteiger partial charge in [-0.15, -0.1) is 0 Å². The van der Waals surface area contributed by atoms with E-state index in [2.05, 4.69) is 4.90 Å². The van der Waals surface area contributed by atoms with Crippen molar-refractivity contribution in [3.05, 3.63) is 33.8 Å². The Morgan fingerprint density at radius 2 is 1.95 bits per heavy atom. The van der Waals surface area contributed by atoms with Crippen molar-refractivity contribution in [2.75, 3.05) is 14.1 Å². The average Bonchev–Trinajstić information content (AvgIpc) is 2.36. The van der Waals surface area contributed by atoms with Crippen LogP contribution in [0, 0.1) is 5.92 Å². The van der Waals surface area contributed by atoms with Crippen molar-refractivity contribution < 1.29 is 4.79 Å². The van der Waals surface area contributed by atoms with Gasteiger partial charge in [-0.3, -0.25) is 4.79 Å². The van der Waals surface area contributed by atoms with E-state index in [0.717, 1.165) is 24.8 Å². The highest BCUT2D eigenvalue weighted by Crippen LogP contribution is 2.37. The quantitative estimate of drug-likeness (QED) is 0.827. The molecule has 1 aromatic rings. The predicted octanol–water partition coefficient (Wildman–Crippen LogP) is 4.36. The minimum absolute atomic E-state index is 0.0704. The number of hydrogen-bond donors (Lipinski definition) is 0. The van der Waals surface area contributed by atoms with Gasteiger partial charge in [0.05, 0.1) is 10.0 Å². The summed E-state index contributed by atoms with van der Waals surface area (Å²) in [6.07, 6.45) is 3.82. The zero-order valence-corrected chi connectivity index (χ0v) is 12.8. The van der Waals surface area contributed by atoms with Crippen LogP contribution >= 0.6 is 23.2 Å². The number of hydrogen-bond acceptors (Lipinski definition) is 2. The monoisotopic (exact) mass is 299 g/mol. The summed E-state index contributed by atoms with van der Waals surface area (Å²) in [5.74, 6) is 0.442. The van der Waals surface area contributed by atoms with E-state index in [4.69, 9.17) is 23.2 Å². The highest BCUT2D eigenvalue weighted by Gasteiger charge is 2.32. The lowest BCUT2D eigenvalue weighted by Crippen LogP contribution is -2.34. The van der Waals surface area contributed by atoms with Crippen LogP contribution in [-0.4, -0.2) is 24.8 Å². The summed E-state index contributed by atoms with van der Waals surface area (Å²) in [7, 11) is 4.02. The SMILES string of the molecule is CN(C)C(c1ccc(Cl)c(Cl)c1)C1CCCCC1=O. The Bertz CT molecular complexity index is 473. The number of rotatable bonds is 3. The number of carbonyl (C=O) groups excluding carboxylic acids is 1. The van der Waals surface area contributed by atoms with Gasteiger partial charge in [-0.05, 0) is 44.6 Å². The molecule has 4 heteroatoms. The highest BCUT2D eigenvalue weighted by atomic mass is 35.5. The largest absolute Gasteiger partial charge is 0.302 e. The molecule has 0 saturated heterocycles. The lowest BCUT2D eigenvalue weighted by Gasteiger charge is -2.34. The second-order valence-electron chi connectivity index (χ2n) is 5.40. The Hall–Kier alpha value is -0.570. The number of Topliss-reactive ketones (excluding diaryl/α,β-unsaturated/α-hetero) is 1. The molecule has 0 N–H and O–H groups in total. The Kier molecular flexibility index (Phi) is 4.88. The standard InChI is InChI=1S/C15H19Cl2NO/c1-18(2)15(11-5-3-4-6-14(11)19)10-7-8-12(16)13(17)9-10/h7-9,11,15H,3-6H2,1-2H3. The van der Waals surface area contributed by atoms with E-state index >= 15 is 0 Å². The minimum Gasteiger partial charge on any atom is -0.302 e. The van der Waals surface area contributed by atoms with Crippen LogP contribution in [0.15, 0.2) is 18.2 Å². The third kappa shape index (κ3) is 3.31. The molecule has 2 rings (SSSR count). The summed E-state index contributed by atoms with van der Waals surface area (Å²) in [6.45, 7) is 0. The third-order valence-electron chi connectivity index (χ3n) is 3.82. The molecule has 1 saturated carbocycles. The van der Waals surface area contributed by atoms with Crippen LogP contribution in [-0.2, 0) is 4.79 Å². The van der Waals surface area contributed by atoms with Crippen molar-refractivity contribution in [2.45, 2.75) is 31.7 Å². The fourth-order valence-corrected chi connectivity index (χ4v) is 3.24.